The first-order valence-electron chi connectivity index (χ1n) is 4.38. The monoisotopic (exact) mass is 283 g/mol. The Bertz CT molecular complexity index is 469. The Morgan fingerprint density at radius 2 is 2.31 bits per heavy atom. The molecule has 0 spiro atoms. The van der Waals surface area contributed by atoms with Crippen molar-refractivity contribution in [1.29, 1.82) is 0 Å². The van der Waals surface area contributed by atoms with Crippen LogP contribution in [0.1, 0.15) is 5.56 Å². The van der Waals surface area contributed by atoms with Gasteiger partial charge in [-0.1, -0.05) is 15.9 Å². The van der Waals surface area contributed by atoms with Gasteiger partial charge in [0, 0.05) is 41.1 Å². The van der Waals surface area contributed by atoms with E-state index in [9.17, 15) is 10.1 Å². The third kappa shape index (κ3) is 2.90. The van der Waals surface area contributed by atoms with Gasteiger partial charge in [-0.15, -0.1) is 0 Å². The van der Waals surface area contributed by atoms with E-state index in [1.54, 1.807) is 19.2 Å². The maximum atomic E-state index is 10.6. The summed E-state index contributed by atoms with van der Waals surface area (Å²) in [4.78, 5) is 13.9. The van der Waals surface area contributed by atoms with Crippen LogP contribution >= 0.6 is 15.9 Å². The summed E-state index contributed by atoms with van der Waals surface area (Å²) in [6, 6.07) is 4.42. The molecule has 0 fully saturated rings. The molecule has 1 aromatic carbocycles. The summed E-state index contributed by atoms with van der Waals surface area (Å²) in [5.74, 6) is 0. The summed E-state index contributed by atoms with van der Waals surface area (Å²) in [5.41, 5.74) is 6.77. The molecule has 2 N–H and O–H groups in total. The maximum Gasteiger partial charge on any atom is 0.270 e. The Kier molecular flexibility index (Phi) is 4.19. The molecule has 0 heterocycles. The van der Waals surface area contributed by atoms with Gasteiger partial charge < -0.3 is 5.73 Å². The number of nitro benzene ring substituents is 1. The van der Waals surface area contributed by atoms with Gasteiger partial charge in [0.15, 0.2) is 0 Å². The van der Waals surface area contributed by atoms with E-state index in [1.807, 2.05) is 0 Å². The smallest absolute Gasteiger partial charge is 0.270 e. The minimum absolute atomic E-state index is 0.00277. The molecule has 0 aliphatic heterocycles. The molecule has 0 aromatic heterocycles. The highest BCUT2D eigenvalue weighted by molar-refractivity contribution is 9.10. The second-order valence-corrected chi connectivity index (χ2v) is 3.80. The van der Waals surface area contributed by atoms with E-state index in [-0.39, 0.29) is 5.69 Å². The van der Waals surface area contributed by atoms with E-state index in [4.69, 9.17) is 5.73 Å². The fraction of sp³-hybridized carbons (Fsp3) is 0.100. The predicted octanol–water partition coefficient (Wildman–Crippen LogP) is 2.36. The highest BCUT2D eigenvalue weighted by atomic mass is 79.9. The van der Waals surface area contributed by atoms with Crippen LogP contribution in [0.15, 0.2) is 33.7 Å². The second-order valence-electron chi connectivity index (χ2n) is 2.95. The first kappa shape index (κ1) is 12.4. The number of hydrogen-bond donors (Lipinski definition) is 1. The Balaban J connectivity index is 3.21. The number of allylic oxidation sites excluding steroid dienone is 1. The molecule has 0 amide bonds. The van der Waals surface area contributed by atoms with Crippen molar-refractivity contribution < 1.29 is 4.92 Å². The largest absolute Gasteiger partial charge is 0.398 e. The number of rotatable bonds is 3. The molecule has 1 aromatic rings. The van der Waals surface area contributed by atoms with E-state index in [0.29, 0.717) is 15.7 Å². The molecule has 0 atom stereocenters. The molecule has 84 valence electrons. The number of halogens is 1. The molecule has 16 heavy (non-hydrogen) atoms. The predicted molar refractivity (Wildman–Crippen MR) is 67.4 cm³/mol. The van der Waals surface area contributed by atoms with E-state index in [1.165, 1.54) is 18.3 Å². The molecular formula is C10H10BrN3O2. The van der Waals surface area contributed by atoms with Gasteiger partial charge in [0.25, 0.3) is 5.69 Å². The Morgan fingerprint density at radius 1 is 1.62 bits per heavy atom. The van der Waals surface area contributed by atoms with E-state index >= 15 is 0 Å². The van der Waals surface area contributed by atoms with Gasteiger partial charge in [0.1, 0.15) is 0 Å². The standard InChI is InChI=1S/C10H10BrN3O2/c1-13-5-4-10(12)8-6-7(14(15)16)2-3-9(8)11/h2-6H,12H2,1H3/b10-4-,13-5?. The van der Waals surface area contributed by atoms with Crippen LogP contribution in [-0.2, 0) is 0 Å². The second kappa shape index (κ2) is 5.41. The van der Waals surface area contributed by atoms with Gasteiger partial charge in [-0.2, -0.15) is 0 Å². The van der Waals surface area contributed by atoms with Crippen molar-refractivity contribution in [1.82, 2.24) is 0 Å². The van der Waals surface area contributed by atoms with Crippen LogP contribution in [-0.4, -0.2) is 18.2 Å². The minimum Gasteiger partial charge on any atom is -0.398 e. The topological polar surface area (TPSA) is 81.5 Å². The van der Waals surface area contributed by atoms with Crippen molar-refractivity contribution in [2.45, 2.75) is 0 Å². The van der Waals surface area contributed by atoms with Crippen molar-refractivity contribution in [2.75, 3.05) is 7.05 Å². The van der Waals surface area contributed by atoms with E-state index in [0.717, 1.165) is 0 Å². The van der Waals surface area contributed by atoms with Crippen LogP contribution in [0, 0.1) is 10.1 Å². The van der Waals surface area contributed by atoms with Gasteiger partial charge in [-0.3, -0.25) is 15.1 Å². The van der Waals surface area contributed by atoms with E-state index in [2.05, 4.69) is 20.9 Å². The number of hydrogen-bond acceptors (Lipinski definition) is 4. The summed E-state index contributed by atoms with van der Waals surface area (Å²) in [5, 5.41) is 10.6. The molecule has 5 nitrogen and oxygen atoms in total. The zero-order valence-electron chi connectivity index (χ0n) is 8.55. The molecule has 0 bridgehead atoms. The van der Waals surface area contributed by atoms with Crippen LogP contribution < -0.4 is 5.73 Å². The summed E-state index contributed by atoms with van der Waals surface area (Å²) in [6.07, 6.45) is 3.12. The number of nitrogens with two attached hydrogens (primary N) is 1. The van der Waals surface area contributed by atoms with Crippen molar-refractivity contribution in [2.24, 2.45) is 10.7 Å². The molecule has 6 heteroatoms. The van der Waals surface area contributed by atoms with Gasteiger partial charge in [-0.05, 0) is 12.1 Å². The molecular weight excluding hydrogens is 274 g/mol. The number of nitrogens with zero attached hydrogens (tertiary/aromatic N) is 2. The summed E-state index contributed by atoms with van der Waals surface area (Å²) in [7, 11) is 1.62. The highest BCUT2D eigenvalue weighted by Gasteiger charge is 2.10. The lowest BCUT2D eigenvalue weighted by atomic mass is 10.1. The van der Waals surface area contributed by atoms with Gasteiger partial charge >= 0.3 is 0 Å². The molecule has 1 rings (SSSR count). The Hall–Kier alpha value is -1.69. The third-order valence-corrected chi connectivity index (χ3v) is 2.57. The fourth-order valence-electron chi connectivity index (χ4n) is 1.09. The number of aliphatic imine (C=N–C) groups is 1. The highest BCUT2D eigenvalue weighted by Crippen LogP contribution is 2.25. The van der Waals surface area contributed by atoms with Gasteiger partial charge in [0.2, 0.25) is 0 Å². The molecule has 0 radical (unpaired) electrons. The normalized spacial score (nSPS) is 12.0. The van der Waals surface area contributed by atoms with Crippen molar-refractivity contribution in [3.63, 3.8) is 0 Å². The lowest BCUT2D eigenvalue weighted by molar-refractivity contribution is -0.384. The minimum atomic E-state index is -0.461. The third-order valence-electron chi connectivity index (χ3n) is 1.87. The quantitative estimate of drug-likeness (QED) is 0.525. The zero-order valence-corrected chi connectivity index (χ0v) is 10.1. The number of non-ortho nitro benzene ring substituents is 1. The summed E-state index contributed by atoms with van der Waals surface area (Å²) >= 11 is 3.28. The van der Waals surface area contributed by atoms with Crippen LogP contribution in [0.5, 0.6) is 0 Å². The Morgan fingerprint density at radius 3 is 2.88 bits per heavy atom. The average molecular weight is 284 g/mol. The van der Waals surface area contributed by atoms with Crippen molar-refractivity contribution in [3.05, 3.63) is 44.4 Å². The molecule has 0 saturated carbocycles. The van der Waals surface area contributed by atoms with E-state index < -0.39 is 4.92 Å². The van der Waals surface area contributed by atoms with Crippen molar-refractivity contribution in [3.8, 4) is 0 Å². The zero-order chi connectivity index (χ0) is 12.1. The van der Waals surface area contributed by atoms with Crippen LogP contribution in [0.3, 0.4) is 0 Å². The first-order chi connectivity index (χ1) is 7.56. The average Bonchev–Trinajstić information content (AvgIpc) is 2.26. The molecule has 0 unspecified atom stereocenters. The Labute approximate surface area is 101 Å². The summed E-state index contributed by atoms with van der Waals surface area (Å²) in [6.45, 7) is 0. The SMILES string of the molecule is CN=C/C=C(\N)c1cc([N+](=O)[O-])ccc1Br. The lowest BCUT2D eigenvalue weighted by Crippen LogP contribution is -1.99. The molecule has 0 saturated heterocycles. The molecule has 0 aliphatic carbocycles. The fourth-order valence-corrected chi connectivity index (χ4v) is 1.57. The summed E-state index contributed by atoms with van der Waals surface area (Å²) < 4.78 is 0.705. The van der Waals surface area contributed by atoms with Crippen molar-refractivity contribution >= 4 is 33.5 Å². The first-order valence-corrected chi connectivity index (χ1v) is 5.17. The molecule has 0 aliphatic rings. The van der Waals surface area contributed by atoms with Crippen LogP contribution in [0.2, 0.25) is 0 Å². The number of benzene rings is 1. The van der Waals surface area contributed by atoms with Crippen LogP contribution in [0.4, 0.5) is 5.69 Å². The van der Waals surface area contributed by atoms with Crippen LogP contribution in [0.25, 0.3) is 5.70 Å². The van der Waals surface area contributed by atoms with Gasteiger partial charge in [-0.25, -0.2) is 0 Å². The maximum absolute atomic E-state index is 10.6. The van der Waals surface area contributed by atoms with Gasteiger partial charge in [0.05, 0.1) is 4.92 Å². The lowest BCUT2D eigenvalue weighted by Gasteiger charge is -2.03. The number of nitro groups is 1.